The normalized spacial score (nSPS) is 16.5. The van der Waals surface area contributed by atoms with E-state index in [0.717, 1.165) is 32.0 Å². The number of alkyl halides is 3. The van der Waals surface area contributed by atoms with Crippen molar-refractivity contribution in [2.24, 2.45) is 5.92 Å². The summed E-state index contributed by atoms with van der Waals surface area (Å²) >= 11 is 0. The first-order valence-electron chi connectivity index (χ1n) is 7.90. The zero-order valence-corrected chi connectivity index (χ0v) is 12.9. The molecule has 0 aliphatic carbocycles. The van der Waals surface area contributed by atoms with Gasteiger partial charge in [-0.2, -0.15) is 13.2 Å². The van der Waals surface area contributed by atoms with Crippen LogP contribution >= 0.6 is 0 Å². The largest absolute Gasteiger partial charge is 0.434 e. The van der Waals surface area contributed by atoms with Crippen molar-refractivity contribution in [3.8, 4) is 11.5 Å². The van der Waals surface area contributed by atoms with Gasteiger partial charge in [-0.25, -0.2) is 9.89 Å². The van der Waals surface area contributed by atoms with E-state index in [1.165, 1.54) is 12.1 Å². The molecule has 0 radical (unpaired) electrons. The number of aromatic nitrogens is 2. The van der Waals surface area contributed by atoms with Gasteiger partial charge >= 0.3 is 11.9 Å². The summed E-state index contributed by atoms with van der Waals surface area (Å²) in [6.07, 6.45) is -1.40. The molecule has 1 aromatic carbocycles. The van der Waals surface area contributed by atoms with Gasteiger partial charge in [-0.1, -0.05) is 0 Å². The Kier molecular flexibility index (Phi) is 4.75. The van der Waals surface area contributed by atoms with E-state index in [1.54, 1.807) is 0 Å². The second-order valence-electron chi connectivity index (χ2n) is 6.02. The SMILES string of the molecule is O=c1[nH]nc(-c2ccc(C(F)(F)F)c(CCC3CCNCC3)c2)o1. The van der Waals surface area contributed by atoms with Crippen LogP contribution in [0.3, 0.4) is 0 Å². The Labute approximate surface area is 136 Å². The van der Waals surface area contributed by atoms with Crippen LogP contribution in [0.15, 0.2) is 27.4 Å². The molecule has 2 N–H and O–H groups in total. The maximum Gasteiger partial charge on any atom is 0.434 e. The molecule has 0 amide bonds. The first kappa shape index (κ1) is 16.8. The van der Waals surface area contributed by atoms with Gasteiger partial charge in [0.25, 0.3) is 0 Å². The maximum atomic E-state index is 13.2. The first-order valence-corrected chi connectivity index (χ1v) is 7.90. The number of hydrogen-bond donors (Lipinski definition) is 2. The maximum absolute atomic E-state index is 13.2. The zero-order chi connectivity index (χ0) is 17.2. The molecule has 2 aromatic rings. The predicted octanol–water partition coefficient (Wildman–Crippen LogP) is 2.98. The van der Waals surface area contributed by atoms with Crippen molar-refractivity contribution in [2.45, 2.75) is 31.9 Å². The van der Waals surface area contributed by atoms with E-state index in [1.807, 2.05) is 0 Å². The van der Waals surface area contributed by atoms with Crippen LogP contribution in [0.1, 0.15) is 30.4 Å². The van der Waals surface area contributed by atoms with E-state index in [9.17, 15) is 18.0 Å². The average Bonchev–Trinajstić information content (AvgIpc) is 2.99. The van der Waals surface area contributed by atoms with Crippen molar-refractivity contribution in [1.29, 1.82) is 0 Å². The number of piperidine rings is 1. The fourth-order valence-electron chi connectivity index (χ4n) is 3.09. The fourth-order valence-corrected chi connectivity index (χ4v) is 3.09. The molecule has 0 saturated carbocycles. The van der Waals surface area contributed by atoms with Crippen molar-refractivity contribution < 1.29 is 17.6 Å². The Morgan fingerprint density at radius 3 is 2.62 bits per heavy atom. The third-order valence-electron chi connectivity index (χ3n) is 4.38. The lowest BCUT2D eigenvalue weighted by Gasteiger charge is -2.23. The predicted molar refractivity (Wildman–Crippen MR) is 81.5 cm³/mol. The third-order valence-corrected chi connectivity index (χ3v) is 4.38. The molecule has 130 valence electrons. The van der Waals surface area contributed by atoms with E-state index in [2.05, 4.69) is 15.5 Å². The molecule has 3 rings (SSSR count). The van der Waals surface area contributed by atoms with Crippen molar-refractivity contribution in [1.82, 2.24) is 15.5 Å². The number of H-pyrrole nitrogens is 1. The van der Waals surface area contributed by atoms with Crippen LogP contribution in [0.2, 0.25) is 0 Å². The number of nitrogens with one attached hydrogen (secondary N) is 2. The summed E-state index contributed by atoms with van der Waals surface area (Å²) in [5.74, 6) is -0.308. The molecule has 8 heteroatoms. The number of aryl methyl sites for hydroxylation is 1. The summed E-state index contributed by atoms with van der Waals surface area (Å²) in [6.45, 7) is 1.82. The van der Waals surface area contributed by atoms with Crippen LogP contribution in [0, 0.1) is 5.92 Å². The van der Waals surface area contributed by atoms with Gasteiger partial charge in [0.15, 0.2) is 0 Å². The lowest BCUT2D eigenvalue weighted by Crippen LogP contribution is -2.28. The minimum Gasteiger partial charge on any atom is -0.388 e. The lowest BCUT2D eigenvalue weighted by atomic mass is 9.89. The molecular formula is C16H18F3N3O2. The average molecular weight is 341 g/mol. The van der Waals surface area contributed by atoms with Crippen LogP contribution in [-0.2, 0) is 12.6 Å². The third kappa shape index (κ3) is 3.87. The number of nitrogens with zero attached hydrogens (tertiary/aromatic N) is 1. The Morgan fingerprint density at radius 2 is 2.00 bits per heavy atom. The Morgan fingerprint density at radius 1 is 1.25 bits per heavy atom. The van der Waals surface area contributed by atoms with Crippen LogP contribution in [0.25, 0.3) is 11.5 Å². The fraction of sp³-hybridized carbons (Fsp3) is 0.500. The summed E-state index contributed by atoms with van der Waals surface area (Å²) in [7, 11) is 0. The summed E-state index contributed by atoms with van der Waals surface area (Å²) in [5.41, 5.74) is -0.0658. The van der Waals surface area contributed by atoms with Gasteiger partial charge in [0.1, 0.15) is 0 Å². The minimum atomic E-state index is -4.41. The monoisotopic (exact) mass is 341 g/mol. The van der Waals surface area contributed by atoms with Gasteiger partial charge in [0, 0.05) is 5.56 Å². The van der Waals surface area contributed by atoms with E-state index in [0.29, 0.717) is 24.3 Å². The topological polar surface area (TPSA) is 70.9 Å². The van der Waals surface area contributed by atoms with E-state index in [4.69, 9.17) is 4.42 Å². The summed E-state index contributed by atoms with van der Waals surface area (Å²) < 4.78 is 44.6. The Balaban J connectivity index is 1.86. The summed E-state index contributed by atoms with van der Waals surface area (Å²) in [5, 5.41) is 9.04. The highest BCUT2D eigenvalue weighted by Crippen LogP contribution is 2.35. The van der Waals surface area contributed by atoms with E-state index >= 15 is 0 Å². The molecule has 0 bridgehead atoms. The highest BCUT2D eigenvalue weighted by atomic mass is 19.4. The van der Waals surface area contributed by atoms with Gasteiger partial charge in [-0.15, -0.1) is 5.10 Å². The number of benzene rings is 1. The number of aromatic amines is 1. The van der Waals surface area contributed by atoms with E-state index in [-0.39, 0.29) is 11.5 Å². The molecule has 5 nitrogen and oxygen atoms in total. The molecule has 2 heterocycles. The molecule has 0 spiro atoms. The molecule has 0 unspecified atom stereocenters. The highest BCUT2D eigenvalue weighted by Gasteiger charge is 2.33. The van der Waals surface area contributed by atoms with E-state index < -0.39 is 17.5 Å². The number of halogens is 3. The zero-order valence-electron chi connectivity index (χ0n) is 12.9. The first-order chi connectivity index (χ1) is 11.4. The van der Waals surface area contributed by atoms with Crippen molar-refractivity contribution in [3.63, 3.8) is 0 Å². The van der Waals surface area contributed by atoms with Gasteiger partial charge in [0.2, 0.25) is 5.89 Å². The number of rotatable bonds is 4. The molecule has 24 heavy (non-hydrogen) atoms. The Hall–Kier alpha value is -2.09. The lowest BCUT2D eigenvalue weighted by molar-refractivity contribution is -0.138. The van der Waals surface area contributed by atoms with Crippen molar-refractivity contribution in [2.75, 3.05) is 13.1 Å². The molecule has 1 fully saturated rings. The van der Waals surface area contributed by atoms with Gasteiger partial charge in [-0.05, 0) is 68.5 Å². The van der Waals surface area contributed by atoms with Crippen molar-refractivity contribution >= 4 is 0 Å². The van der Waals surface area contributed by atoms with Crippen LogP contribution < -0.4 is 11.1 Å². The van der Waals surface area contributed by atoms with Gasteiger partial charge in [0.05, 0.1) is 5.56 Å². The molecule has 1 aliphatic heterocycles. The Bertz CT molecular complexity index is 746. The summed E-state index contributed by atoms with van der Waals surface area (Å²) in [6, 6.07) is 3.72. The standard InChI is InChI=1S/C16H18F3N3O2/c17-16(18,19)13-4-3-12(14-21-22-15(23)24-14)9-11(13)2-1-10-5-7-20-8-6-10/h3-4,9-10,20H,1-2,5-8H2,(H,22,23). The molecule has 0 atom stereocenters. The van der Waals surface area contributed by atoms with Crippen LogP contribution in [0.4, 0.5) is 13.2 Å². The molecule has 1 aromatic heterocycles. The molecule has 1 saturated heterocycles. The quantitative estimate of drug-likeness (QED) is 0.897. The second-order valence-corrected chi connectivity index (χ2v) is 6.02. The molecule has 1 aliphatic rings. The summed E-state index contributed by atoms with van der Waals surface area (Å²) in [4.78, 5) is 11.0. The van der Waals surface area contributed by atoms with Crippen molar-refractivity contribution in [3.05, 3.63) is 39.9 Å². The minimum absolute atomic E-state index is 0.00293. The van der Waals surface area contributed by atoms with Crippen LogP contribution in [0.5, 0.6) is 0 Å². The smallest absolute Gasteiger partial charge is 0.388 e. The van der Waals surface area contributed by atoms with Gasteiger partial charge < -0.3 is 9.73 Å². The van der Waals surface area contributed by atoms with Gasteiger partial charge in [-0.3, -0.25) is 0 Å². The van der Waals surface area contributed by atoms with Crippen LogP contribution in [-0.4, -0.2) is 23.3 Å². The highest BCUT2D eigenvalue weighted by molar-refractivity contribution is 5.55. The number of hydrogen-bond acceptors (Lipinski definition) is 4. The molecular weight excluding hydrogens is 323 g/mol. The second kappa shape index (κ2) is 6.80.